The second kappa shape index (κ2) is 9.00. The van der Waals surface area contributed by atoms with E-state index in [9.17, 15) is 9.50 Å². The average molecular weight is 401 g/mol. The van der Waals surface area contributed by atoms with Gasteiger partial charge >= 0.3 is 0 Å². The molecule has 1 aliphatic carbocycles. The predicted molar refractivity (Wildman–Crippen MR) is 115 cm³/mol. The standard InChI is InChI=1S/C26H24FNO2/c27-23-11-14-26(15-12-23,13-10-22-17-24(29)19-28-18-22)30-25-8-6-21(7-9-25)16-20-4-2-1-3-5-20/h1-9,17-19,23,29H,11-12,14-16H2. The number of benzene rings is 2. The normalized spacial score (nSPS) is 20.8. The van der Waals surface area contributed by atoms with Gasteiger partial charge in [-0.2, -0.15) is 0 Å². The van der Waals surface area contributed by atoms with Gasteiger partial charge in [-0.05, 0) is 54.5 Å². The zero-order valence-corrected chi connectivity index (χ0v) is 16.7. The minimum atomic E-state index is -0.806. The van der Waals surface area contributed by atoms with Crippen LogP contribution in [0.1, 0.15) is 42.4 Å². The Hall–Kier alpha value is -3.32. The lowest BCUT2D eigenvalue weighted by atomic mass is 9.84. The monoisotopic (exact) mass is 401 g/mol. The lowest BCUT2D eigenvalue weighted by Gasteiger charge is -2.34. The molecule has 1 heterocycles. The number of hydrogen-bond donors (Lipinski definition) is 1. The summed E-state index contributed by atoms with van der Waals surface area (Å²) < 4.78 is 20.1. The van der Waals surface area contributed by atoms with Crippen LogP contribution in [-0.4, -0.2) is 21.9 Å². The van der Waals surface area contributed by atoms with E-state index in [1.807, 2.05) is 30.3 Å². The molecular weight excluding hydrogens is 377 g/mol. The molecule has 1 aliphatic rings. The van der Waals surface area contributed by atoms with Crippen LogP contribution in [0.2, 0.25) is 0 Å². The fraction of sp³-hybridized carbons (Fsp3) is 0.269. The van der Waals surface area contributed by atoms with Gasteiger partial charge in [-0.25, -0.2) is 4.39 Å². The van der Waals surface area contributed by atoms with Gasteiger partial charge in [0.2, 0.25) is 0 Å². The summed E-state index contributed by atoms with van der Waals surface area (Å²) in [5.41, 5.74) is 2.33. The molecule has 3 aromatic rings. The van der Waals surface area contributed by atoms with Gasteiger partial charge in [0.1, 0.15) is 17.7 Å². The molecule has 1 saturated carbocycles. The van der Waals surface area contributed by atoms with Crippen molar-refractivity contribution in [2.24, 2.45) is 0 Å². The molecule has 2 aromatic carbocycles. The van der Waals surface area contributed by atoms with Gasteiger partial charge < -0.3 is 9.84 Å². The van der Waals surface area contributed by atoms with Gasteiger partial charge in [0.15, 0.2) is 5.60 Å². The van der Waals surface area contributed by atoms with Gasteiger partial charge in [0.25, 0.3) is 0 Å². The van der Waals surface area contributed by atoms with Crippen molar-refractivity contribution in [3.8, 4) is 23.3 Å². The molecule has 4 heteroatoms. The summed E-state index contributed by atoms with van der Waals surface area (Å²) in [6.45, 7) is 0. The van der Waals surface area contributed by atoms with Gasteiger partial charge in [0.05, 0.1) is 6.20 Å². The zero-order chi connectivity index (χ0) is 20.8. The third-order valence-electron chi connectivity index (χ3n) is 5.37. The van der Waals surface area contributed by atoms with Crippen LogP contribution >= 0.6 is 0 Å². The van der Waals surface area contributed by atoms with Crippen molar-refractivity contribution >= 4 is 0 Å². The van der Waals surface area contributed by atoms with E-state index in [0.29, 0.717) is 31.2 Å². The first kappa shape index (κ1) is 20.0. The highest BCUT2D eigenvalue weighted by atomic mass is 19.1. The fourth-order valence-corrected chi connectivity index (χ4v) is 3.72. The number of pyridine rings is 1. The number of halogens is 1. The smallest absolute Gasteiger partial charge is 0.169 e. The minimum absolute atomic E-state index is 0.0678. The fourth-order valence-electron chi connectivity index (χ4n) is 3.72. The molecule has 1 aromatic heterocycles. The van der Waals surface area contributed by atoms with Crippen molar-refractivity contribution in [3.63, 3.8) is 0 Å². The number of rotatable bonds is 4. The third kappa shape index (κ3) is 5.18. The first-order valence-corrected chi connectivity index (χ1v) is 10.2. The molecule has 1 N–H and O–H groups in total. The van der Waals surface area contributed by atoms with Crippen LogP contribution in [0.15, 0.2) is 73.1 Å². The number of nitrogens with zero attached hydrogens (tertiary/aromatic N) is 1. The highest BCUT2D eigenvalue weighted by Crippen LogP contribution is 2.34. The van der Waals surface area contributed by atoms with Crippen molar-refractivity contribution in [2.75, 3.05) is 0 Å². The van der Waals surface area contributed by atoms with E-state index in [4.69, 9.17) is 4.74 Å². The van der Waals surface area contributed by atoms with Crippen molar-refractivity contribution in [2.45, 2.75) is 43.9 Å². The second-order valence-electron chi connectivity index (χ2n) is 7.76. The lowest BCUT2D eigenvalue weighted by molar-refractivity contribution is 0.0578. The summed E-state index contributed by atoms with van der Waals surface area (Å²) in [7, 11) is 0. The number of aromatic hydroxyl groups is 1. The highest BCUT2D eigenvalue weighted by Gasteiger charge is 2.36. The first-order valence-electron chi connectivity index (χ1n) is 10.2. The van der Waals surface area contributed by atoms with E-state index in [0.717, 1.165) is 12.2 Å². The SMILES string of the molecule is Oc1cncc(C#CC2(Oc3ccc(Cc4ccccc4)cc3)CCC(F)CC2)c1. The lowest BCUT2D eigenvalue weighted by Crippen LogP contribution is -2.39. The van der Waals surface area contributed by atoms with Crippen LogP contribution in [0, 0.1) is 11.8 Å². The Balaban J connectivity index is 1.52. The Labute approximate surface area is 176 Å². The maximum absolute atomic E-state index is 13.8. The molecule has 0 bridgehead atoms. The molecule has 30 heavy (non-hydrogen) atoms. The van der Waals surface area contributed by atoms with Crippen molar-refractivity contribution in [1.29, 1.82) is 0 Å². The second-order valence-corrected chi connectivity index (χ2v) is 7.76. The van der Waals surface area contributed by atoms with Gasteiger partial charge in [0, 0.05) is 24.6 Å². The quantitative estimate of drug-likeness (QED) is 0.591. The molecular formula is C26H24FNO2. The summed E-state index contributed by atoms with van der Waals surface area (Å²) in [4.78, 5) is 3.96. The van der Waals surface area contributed by atoms with Crippen molar-refractivity contribution in [3.05, 3.63) is 89.7 Å². The van der Waals surface area contributed by atoms with Gasteiger partial charge in [-0.15, -0.1) is 0 Å². The van der Waals surface area contributed by atoms with Crippen LogP contribution in [0.5, 0.6) is 11.5 Å². The maximum Gasteiger partial charge on any atom is 0.169 e. The Morgan fingerprint density at radius 1 is 1.00 bits per heavy atom. The number of ether oxygens (including phenoxy) is 1. The largest absolute Gasteiger partial charge is 0.506 e. The van der Waals surface area contributed by atoms with E-state index in [2.05, 4.69) is 41.1 Å². The van der Waals surface area contributed by atoms with E-state index < -0.39 is 11.8 Å². The Morgan fingerprint density at radius 3 is 2.40 bits per heavy atom. The van der Waals surface area contributed by atoms with Crippen LogP contribution in [-0.2, 0) is 6.42 Å². The summed E-state index contributed by atoms with van der Waals surface area (Å²) >= 11 is 0. The Kier molecular flexibility index (Phi) is 5.99. The molecule has 0 atom stereocenters. The number of hydrogen-bond acceptors (Lipinski definition) is 3. The van der Waals surface area contributed by atoms with Crippen molar-refractivity contribution in [1.82, 2.24) is 4.98 Å². The molecule has 3 nitrogen and oxygen atoms in total. The minimum Gasteiger partial charge on any atom is -0.506 e. The van der Waals surface area contributed by atoms with Crippen LogP contribution in [0.3, 0.4) is 0 Å². The van der Waals surface area contributed by atoms with Crippen LogP contribution < -0.4 is 4.74 Å². The zero-order valence-electron chi connectivity index (χ0n) is 16.7. The Bertz CT molecular complexity index is 1030. The molecule has 0 spiro atoms. The van der Waals surface area contributed by atoms with E-state index in [1.165, 1.54) is 17.3 Å². The summed E-state index contributed by atoms with van der Waals surface area (Å²) in [6.07, 6.45) is 4.93. The molecule has 0 radical (unpaired) electrons. The molecule has 0 unspecified atom stereocenters. The molecule has 152 valence electrons. The summed E-state index contributed by atoms with van der Waals surface area (Å²) in [5.74, 6) is 7.06. The maximum atomic E-state index is 13.8. The number of alkyl halides is 1. The van der Waals surface area contributed by atoms with E-state index in [-0.39, 0.29) is 5.75 Å². The molecule has 0 aliphatic heterocycles. The molecule has 4 rings (SSSR count). The third-order valence-corrected chi connectivity index (χ3v) is 5.37. The average Bonchev–Trinajstić information content (AvgIpc) is 2.77. The van der Waals surface area contributed by atoms with Gasteiger partial charge in [-0.3, -0.25) is 4.98 Å². The molecule has 1 fully saturated rings. The topological polar surface area (TPSA) is 42.4 Å². The first-order chi connectivity index (χ1) is 14.6. The van der Waals surface area contributed by atoms with E-state index in [1.54, 1.807) is 12.3 Å². The molecule has 0 amide bonds. The molecule has 0 saturated heterocycles. The van der Waals surface area contributed by atoms with Crippen LogP contribution in [0.25, 0.3) is 0 Å². The van der Waals surface area contributed by atoms with Crippen molar-refractivity contribution < 1.29 is 14.2 Å². The van der Waals surface area contributed by atoms with Crippen LogP contribution in [0.4, 0.5) is 4.39 Å². The summed E-state index contributed by atoms with van der Waals surface area (Å²) in [5, 5.41) is 9.60. The van der Waals surface area contributed by atoms with E-state index >= 15 is 0 Å². The highest BCUT2D eigenvalue weighted by molar-refractivity contribution is 5.39. The predicted octanol–water partition coefficient (Wildman–Crippen LogP) is 5.46. The Morgan fingerprint density at radius 2 is 1.70 bits per heavy atom. The van der Waals surface area contributed by atoms with Gasteiger partial charge in [-0.1, -0.05) is 48.4 Å². The number of aromatic nitrogens is 1. The summed E-state index contributed by atoms with van der Waals surface area (Å²) in [6, 6.07) is 19.9.